The maximum atomic E-state index is 13.8. The molecular formula is C23H31BrN2O4Si. The van der Waals surface area contributed by atoms with E-state index in [1.54, 1.807) is 4.90 Å². The van der Waals surface area contributed by atoms with Gasteiger partial charge in [-0.05, 0) is 43.3 Å². The van der Waals surface area contributed by atoms with Crippen molar-refractivity contribution in [3.63, 3.8) is 0 Å². The number of cyclic esters (lactones) is 1. The third-order valence-corrected chi connectivity index (χ3v) is 12.3. The summed E-state index contributed by atoms with van der Waals surface area (Å²) in [4.78, 5) is 30.0. The topological polar surface area (TPSA) is 58.9 Å². The molecule has 2 fully saturated rings. The van der Waals surface area contributed by atoms with Crippen molar-refractivity contribution in [2.24, 2.45) is 0 Å². The second-order valence-electron chi connectivity index (χ2n) is 10.2. The summed E-state index contributed by atoms with van der Waals surface area (Å²) in [6.45, 7) is 14.0. The van der Waals surface area contributed by atoms with Crippen LogP contribution in [0.25, 0.3) is 0 Å². The van der Waals surface area contributed by atoms with Gasteiger partial charge >= 0.3 is 6.09 Å². The van der Waals surface area contributed by atoms with Gasteiger partial charge in [0.1, 0.15) is 18.3 Å². The fourth-order valence-electron chi connectivity index (χ4n) is 4.46. The van der Waals surface area contributed by atoms with E-state index in [1.165, 1.54) is 0 Å². The summed E-state index contributed by atoms with van der Waals surface area (Å²) in [7, 11) is -2.10. The van der Waals surface area contributed by atoms with E-state index in [0.29, 0.717) is 25.1 Å². The lowest BCUT2D eigenvalue weighted by molar-refractivity contribution is 0.0821. The molecule has 0 N–H and O–H groups in total. The lowest BCUT2D eigenvalue weighted by Crippen LogP contribution is -2.49. The first kappa shape index (κ1) is 22.5. The van der Waals surface area contributed by atoms with Gasteiger partial charge in [0.05, 0.1) is 12.3 Å². The van der Waals surface area contributed by atoms with E-state index in [9.17, 15) is 9.59 Å². The maximum absolute atomic E-state index is 13.8. The van der Waals surface area contributed by atoms with Gasteiger partial charge in [0.25, 0.3) is 0 Å². The van der Waals surface area contributed by atoms with Gasteiger partial charge in [0.2, 0.25) is 8.32 Å². The number of hydrogen-bond donors (Lipinski definition) is 0. The highest BCUT2D eigenvalue weighted by molar-refractivity contribution is 9.10. The average Bonchev–Trinajstić information content (AvgIpc) is 3.04. The van der Waals surface area contributed by atoms with Gasteiger partial charge in [0, 0.05) is 22.5 Å². The summed E-state index contributed by atoms with van der Waals surface area (Å²) in [6, 6.07) is 7.50. The normalized spacial score (nSPS) is 30.4. The number of halogens is 1. The number of hydrogen-bond acceptors (Lipinski definition) is 5. The maximum Gasteiger partial charge on any atom is 0.411 e. The Labute approximate surface area is 193 Å². The van der Waals surface area contributed by atoms with Crippen molar-refractivity contribution in [1.82, 2.24) is 9.80 Å². The highest BCUT2D eigenvalue weighted by Crippen LogP contribution is 2.54. The van der Waals surface area contributed by atoms with Gasteiger partial charge in [-0.25, -0.2) is 4.79 Å². The standard InChI is InChI=1S/C23H31BrN2O4Si/c1-15-23(20(27)16-7-9-17(24)10-8-16)14-18(30-31(5,6)22(2,3)4)13-19(26(15)23)25-11-12-29-21(25)28/h7-10,13,15,19H,11-12,14H2,1-6H3/t15-,19+,23-,26?/m1/s1. The van der Waals surface area contributed by atoms with Gasteiger partial charge < -0.3 is 9.16 Å². The summed E-state index contributed by atoms with van der Waals surface area (Å²) in [6.07, 6.45) is 1.88. The molecule has 0 spiro atoms. The van der Waals surface area contributed by atoms with Crippen LogP contribution < -0.4 is 0 Å². The molecule has 0 aromatic heterocycles. The molecule has 3 heterocycles. The van der Waals surface area contributed by atoms with Crippen molar-refractivity contribution < 1.29 is 18.8 Å². The number of ether oxygens (including phenoxy) is 1. The Kier molecular flexibility index (Phi) is 5.42. The molecule has 0 saturated carbocycles. The van der Waals surface area contributed by atoms with Crippen molar-refractivity contribution in [2.45, 2.75) is 70.0 Å². The number of amides is 1. The molecule has 1 aromatic carbocycles. The smallest absolute Gasteiger partial charge is 0.411 e. The number of rotatable bonds is 5. The molecule has 4 atom stereocenters. The minimum atomic E-state index is -2.10. The van der Waals surface area contributed by atoms with Gasteiger partial charge in [0.15, 0.2) is 5.78 Å². The van der Waals surface area contributed by atoms with E-state index in [1.807, 2.05) is 30.3 Å². The summed E-state index contributed by atoms with van der Waals surface area (Å²) in [5.74, 6) is 0.900. The van der Waals surface area contributed by atoms with Crippen LogP contribution in [-0.2, 0) is 9.16 Å². The molecule has 8 heteroatoms. The predicted octanol–water partition coefficient (Wildman–Crippen LogP) is 5.16. The Balaban J connectivity index is 1.72. The summed E-state index contributed by atoms with van der Waals surface area (Å²) in [5.41, 5.74) is -0.0257. The van der Waals surface area contributed by atoms with Crippen LogP contribution in [0.1, 0.15) is 44.5 Å². The zero-order valence-electron chi connectivity index (χ0n) is 19.1. The lowest BCUT2D eigenvalue weighted by atomic mass is 9.89. The number of carbonyl (C=O) groups excluding carboxylic acids is 2. The van der Waals surface area contributed by atoms with Crippen LogP contribution in [0.3, 0.4) is 0 Å². The molecular weight excluding hydrogens is 476 g/mol. The third-order valence-electron chi connectivity index (χ3n) is 7.37. The van der Waals surface area contributed by atoms with Crippen LogP contribution >= 0.6 is 15.9 Å². The van der Waals surface area contributed by atoms with Gasteiger partial charge in [-0.3, -0.25) is 14.6 Å². The van der Waals surface area contributed by atoms with Crippen LogP contribution in [0.4, 0.5) is 4.79 Å². The van der Waals surface area contributed by atoms with E-state index in [-0.39, 0.29) is 29.1 Å². The molecule has 4 rings (SSSR count). The van der Waals surface area contributed by atoms with Gasteiger partial charge in [-0.1, -0.05) is 48.8 Å². The quantitative estimate of drug-likeness (QED) is 0.313. The Morgan fingerprint density at radius 1 is 1.26 bits per heavy atom. The Morgan fingerprint density at radius 3 is 2.45 bits per heavy atom. The average molecular weight is 508 g/mol. The van der Waals surface area contributed by atoms with E-state index >= 15 is 0 Å². The molecule has 3 aliphatic rings. The third kappa shape index (κ3) is 3.66. The molecule has 1 aromatic rings. The molecule has 0 bridgehead atoms. The van der Waals surface area contributed by atoms with Crippen molar-refractivity contribution in [2.75, 3.05) is 13.2 Å². The van der Waals surface area contributed by atoms with E-state index in [4.69, 9.17) is 9.16 Å². The van der Waals surface area contributed by atoms with Crippen molar-refractivity contribution in [1.29, 1.82) is 0 Å². The van der Waals surface area contributed by atoms with Crippen LogP contribution in [0.2, 0.25) is 18.1 Å². The zero-order chi connectivity index (χ0) is 22.8. The van der Waals surface area contributed by atoms with Crippen molar-refractivity contribution in [3.05, 3.63) is 46.1 Å². The zero-order valence-corrected chi connectivity index (χ0v) is 21.7. The highest BCUT2D eigenvalue weighted by Gasteiger charge is 2.70. The number of benzene rings is 1. The summed E-state index contributed by atoms with van der Waals surface area (Å²) in [5, 5.41) is 0.0328. The Hall–Kier alpha value is -1.64. The van der Waals surface area contributed by atoms with Crippen molar-refractivity contribution >= 4 is 36.1 Å². The minimum absolute atomic E-state index is 0.00110. The van der Waals surface area contributed by atoms with Crippen LogP contribution in [0.15, 0.2) is 40.6 Å². The molecule has 2 saturated heterocycles. The van der Waals surface area contributed by atoms with E-state index in [0.717, 1.165) is 10.2 Å². The number of carbonyl (C=O) groups is 2. The largest absolute Gasteiger partial charge is 0.547 e. The fraction of sp³-hybridized carbons (Fsp3) is 0.565. The van der Waals surface area contributed by atoms with E-state index in [2.05, 4.69) is 61.6 Å². The number of fused-ring (bicyclic) bond motifs is 1. The van der Waals surface area contributed by atoms with Gasteiger partial charge in [-0.2, -0.15) is 0 Å². The summed E-state index contributed by atoms with van der Waals surface area (Å²) >= 11 is 3.44. The predicted molar refractivity (Wildman–Crippen MR) is 125 cm³/mol. The SMILES string of the molecule is C[C@H]1N2[C@H](N3CCOC3=O)C=C(O[Si](C)(C)C(C)(C)C)C[C@]12C(=O)c1ccc(Br)cc1. The first-order valence-electron chi connectivity index (χ1n) is 10.8. The lowest BCUT2D eigenvalue weighted by Gasteiger charge is -2.40. The molecule has 3 aliphatic heterocycles. The molecule has 0 radical (unpaired) electrons. The van der Waals surface area contributed by atoms with Crippen molar-refractivity contribution in [3.8, 4) is 0 Å². The molecule has 168 valence electrons. The highest BCUT2D eigenvalue weighted by atomic mass is 79.9. The summed E-state index contributed by atoms with van der Waals surface area (Å²) < 4.78 is 12.8. The molecule has 0 aliphatic carbocycles. The molecule has 1 amide bonds. The minimum Gasteiger partial charge on any atom is -0.547 e. The first-order valence-corrected chi connectivity index (χ1v) is 14.5. The Morgan fingerprint density at radius 2 is 1.90 bits per heavy atom. The van der Waals surface area contributed by atoms with Crippen LogP contribution in [-0.4, -0.2) is 60.9 Å². The van der Waals surface area contributed by atoms with Crippen LogP contribution in [0.5, 0.6) is 0 Å². The number of Topliss-reactive ketones (excluding diaryl/α,β-unsaturated/α-hetero) is 1. The fourth-order valence-corrected chi connectivity index (χ4v) is 5.82. The second-order valence-corrected chi connectivity index (χ2v) is 15.9. The molecule has 1 unspecified atom stereocenters. The van der Waals surface area contributed by atoms with E-state index < -0.39 is 13.9 Å². The number of ketones is 1. The monoisotopic (exact) mass is 506 g/mol. The first-order chi connectivity index (χ1) is 14.4. The number of nitrogens with zero attached hydrogens (tertiary/aromatic N) is 2. The second kappa shape index (κ2) is 7.45. The van der Waals surface area contributed by atoms with Gasteiger partial charge in [-0.15, -0.1) is 0 Å². The molecule has 31 heavy (non-hydrogen) atoms. The molecule has 6 nitrogen and oxygen atoms in total. The Bertz CT molecular complexity index is 940. The van der Waals surface area contributed by atoms with Crippen LogP contribution in [0, 0.1) is 0 Å².